The zero-order chi connectivity index (χ0) is 15.4. The molecule has 7 heteroatoms. The molecule has 0 saturated carbocycles. The van der Waals surface area contributed by atoms with Crippen molar-refractivity contribution in [2.75, 3.05) is 11.9 Å². The molecule has 0 radical (unpaired) electrons. The second-order valence-corrected chi connectivity index (χ2v) is 4.61. The molecule has 2 N–H and O–H groups in total. The van der Waals surface area contributed by atoms with E-state index in [2.05, 4.69) is 10.3 Å². The summed E-state index contributed by atoms with van der Waals surface area (Å²) in [4.78, 5) is 25.6. The number of carbonyl (C=O) groups is 1. The predicted octanol–water partition coefficient (Wildman–Crippen LogP) is 2.67. The zero-order valence-electron chi connectivity index (χ0n) is 11.4. The number of non-ortho nitro benzene ring substituents is 1. The minimum absolute atomic E-state index is 0.0681. The molecule has 7 nitrogen and oxygen atoms in total. The van der Waals surface area contributed by atoms with Crippen LogP contribution in [0.2, 0.25) is 0 Å². The van der Waals surface area contributed by atoms with Gasteiger partial charge in [-0.2, -0.15) is 0 Å². The second kappa shape index (κ2) is 6.17. The Morgan fingerprint density at radius 3 is 2.86 bits per heavy atom. The maximum atomic E-state index is 11.0. The van der Waals surface area contributed by atoms with Crippen LogP contribution in [0.1, 0.15) is 13.3 Å². The molecule has 0 fully saturated rings. The van der Waals surface area contributed by atoms with Crippen molar-refractivity contribution in [2.24, 2.45) is 5.92 Å². The molecule has 1 heterocycles. The van der Waals surface area contributed by atoms with Crippen LogP contribution in [-0.4, -0.2) is 27.5 Å². The van der Waals surface area contributed by atoms with Gasteiger partial charge in [-0.25, -0.2) is 4.98 Å². The first-order valence-corrected chi connectivity index (χ1v) is 6.53. The third-order valence-corrected chi connectivity index (χ3v) is 3.33. The number of hydrogen-bond acceptors (Lipinski definition) is 5. The highest BCUT2D eigenvalue weighted by atomic mass is 16.6. The quantitative estimate of drug-likeness (QED) is 0.625. The summed E-state index contributed by atoms with van der Waals surface area (Å²) in [6.45, 7) is 2.06. The molecule has 1 atom stereocenters. The summed E-state index contributed by atoms with van der Waals surface area (Å²) in [5, 5.41) is 23.7. The van der Waals surface area contributed by atoms with E-state index in [-0.39, 0.29) is 17.7 Å². The minimum atomic E-state index is -0.866. The normalized spacial score (nSPS) is 12.0. The zero-order valence-corrected chi connectivity index (χ0v) is 11.4. The van der Waals surface area contributed by atoms with Gasteiger partial charge >= 0.3 is 5.97 Å². The maximum absolute atomic E-state index is 11.0. The molecule has 21 heavy (non-hydrogen) atoms. The van der Waals surface area contributed by atoms with Crippen molar-refractivity contribution in [1.29, 1.82) is 0 Å². The molecule has 0 amide bonds. The Labute approximate surface area is 120 Å². The highest BCUT2D eigenvalue weighted by Gasteiger charge is 2.18. The molecule has 0 bridgehead atoms. The Hall–Kier alpha value is -2.70. The molecule has 2 aromatic rings. The number of nitro groups is 1. The number of nitrogens with zero attached hydrogens (tertiary/aromatic N) is 2. The third kappa shape index (κ3) is 3.07. The fourth-order valence-corrected chi connectivity index (χ4v) is 2.10. The van der Waals surface area contributed by atoms with Gasteiger partial charge in [-0.05, 0) is 24.6 Å². The van der Waals surface area contributed by atoms with Gasteiger partial charge in [0.05, 0.1) is 10.8 Å². The molecule has 0 spiro atoms. The topological polar surface area (TPSA) is 105 Å². The maximum Gasteiger partial charge on any atom is 0.308 e. The van der Waals surface area contributed by atoms with E-state index in [0.717, 1.165) is 0 Å². The minimum Gasteiger partial charge on any atom is -0.481 e. The van der Waals surface area contributed by atoms with Crippen molar-refractivity contribution in [3.8, 4) is 0 Å². The van der Waals surface area contributed by atoms with Crippen LogP contribution in [0, 0.1) is 16.0 Å². The number of rotatable bonds is 6. The number of carboxylic acid groups (broad SMARTS) is 1. The van der Waals surface area contributed by atoms with Crippen LogP contribution in [0.15, 0.2) is 30.5 Å². The van der Waals surface area contributed by atoms with Crippen LogP contribution >= 0.6 is 0 Å². The SMILES string of the molecule is CCC(CNc1ccc([N+](=O)[O-])c2ncccc12)C(=O)O. The number of pyridine rings is 1. The van der Waals surface area contributed by atoms with Gasteiger partial charge in [0.25, 0.3) is 5.69 Å². The molecule has 0 aliphatic carbocycles. The van der Waals surface area contributed by atoms with Crippen molar-refractivity contribution >= 4 is 28.2 Å². The number of anilines is 1. The number of fused-ring (bicyclic) bond motifs is 1. The lowest BCUT2D eigenvalue weighted by Gasteiger charge is -2.13. The van der Waals surface area contributed by atoms with E-state index in [9.17, 15) is 14.9 Å². The summed E-state index contributed by atoms with van der Waals surface area (Å²) in [5.41, 5.74) is 0.862. The molecule has 0 saturated heterocycles. The van der Waals surface area contributed by atoms with E-state index in [1.807, 2.05) is 0 Å². The molecule has 0 aliphatic heterocycles. The van der Waals surface area contributed by atoms with Crippen molar-refractivity contribution in [1.82, 2.24) is 4.98 Å². The van der Waals surface area contributed by atoms with E-state index >= 15 is 0 Å². The Morgan fingerprint density at radius 2 is 2.24 bits per heavy atom. The van der Waals surface area contributed by atoms with Gasteiger partial charge < -0.3 is 10.4 Å². The lowest BCUT2D eigenvalue weighted by atomic mass is 10.1. The molecule has 1 aromatic heterocycles. The summed E-state index contributed by atoms with van der Waals surface area (Å²) in [6.07, 6.45) is 2.00. The Balaban J connectivity index is 2.35. The summed E-state index contributed by atoms with van der Waals surface area (Å²) in [7, 11) is 0. The van der Waals surface area contributed by atoms with E-state index in [0.29, 0.717) is 17.5 Å². The number of hydrogen-bond donors (Lipinski definition) is 2. The smallest absolute Gasteiger partial charge is 0.308 e. The van der Waals surface area contributed by atoms with Crippen molar-refractivity contribution < 1.29 is 14.8 Å². The summed E-state index contributed by atoms with van der Waals surface area (Å²) in [5.74, 6) is -1.37. The Bertz CT molecular complexity index is 687. The number of nitro benzene ring substituents is 1. The van der Waals surface area contributed by atoms with E-state index < -0.39 is 16.8 Å². The molecular weight excluding hydrogens is 274 g/mol. The lowest BCUT2D eigenvalue weighted by molar-refractivity contribution is -0.383. The van der Waals surface area contributed by atoms with E-state index in [1.165, 1.54) is 12.3 Å². The van der Waals surface area contributed by atoms with Gasteiger partial charge in [-0.3, -0.25) is 14.9 Å². The standard InChI is InChI=1S/C14H15N3O4/c1-2-9(14(18)19)8-16-11-5-6-12(17(20)21)13-10(11)4-3-7-15-13/h3-7,9,16H,2,8H2,1H3,(H,18,19). The highest BCUT2D eigenvalue weighted by Crippen LogP contribution is 2.29. The van der Waals surface area contributed by atoms with Crippen molar-refractivity contribution in [3.63, 3.8) is 0 Å². The van der Waals surface area contributed by atoms with Gasteiger partial charge in [0.1, 0.15) is 5.52 Å². The first-order chi connectivity index (χ1) is 10.0. The largest absolute Gasteiger partial charge is 0.481 e. The fourth-order valence-electron chi connectivity index (χ4n) is 2.10. The molecular formula is C14H15N3O4. The highest BCUT2D eigenvalue weighted by molar-refractivity contribution is 5.97. The lowest BCUT2D eigenvalue weighted by Crippen LogP contribution is -2.22. The molecule has 0 aliphatic rings. The fraction of sp³-hybridized carbons (Fsp3) is 0.286. The summed E-state index contributed by atoms with van der Waals surface area (Å²) in [6, 6.07) is 6.36. The van der Waals surface area contributed by atoms with Gasteiger partial charge in [-0.15, -0.1) is 0 Å². The van der Waals surface area contributed by atoms with Gasteiger partial charge in [0.15, 0.2) is 0 Å². The van der Waals surface area contributed by atoms with Crippen LogP contribution < -0.4 is 5.32 Å². The van der Waals surface area contributed by atoms with E-state index in [4.69, 9.17) is 5.11 Å². The predicted molar refractivity (Wildman–Crippen MR) is 78.3 cm³/mol. The molecule has 2 rings (SSSR count). The Morgan fingerprint density at radius 1 is 1.48 bits per heavy atom. The van der Waals surface area contributed by atoms with Crippen LogP contribution in [0.4, 0.5) is 11.4 Å². The number of aliphatic carboxylic acids is 1. The summed E-state index contributed by atoms with van der Waals surface area (Å²) >= 11 is 0. The molecule has 1 aromatic carbocycles. The van der Waals surface area contributed by atoms with Crippen LogP contribution in [0.25, 0.3) is 10.9 Å². The third-order valence-electron chi connectivity index (χ3n) is 3.33. The summed E-state index contributed by atoms with van der Waals surface area (Å²) < 4.78 is 0. The van der Waals surface area contributed by atoms with Crippen LogP contribution in [0.3, 0.4) is 0 Å². The van der Waals surface area contributed by atoms with E-state index in [1.54, 1.807) is 25.1 Å². The van der Waals surface area contributed by atoms with Crippen LogP contribution in [0.5, 0.6) is 0 Å². The second-order valence-electron chi connectivity index (χ2n) is 4.61. The number of benzene rings is 1. The monoisotopic (exact) mass is 289 g/mol. The molecule has 110 valence electrons. The van der Waals surface area contributed by atoms with Gasteiger partial charge in [-0.1, -0.05) is 6.92 Å². The van der Waals surface area contributed by atoms with Crippen molar-refractivity contribution in [3.05, 3.63) is 40.6 Å². The average Bonchev–Trinajstić information content (AvgIpc) is 2.47. The van der Waals surface area contributed by atoms with Gasteiger partial charge in [0, 0.05) is 29.9 Å². The Kier molecular flexibility index (Phi) is 4.32. The van der Waals surface area contributed by atoms with Crippen molar-refractivity contribution in [2.45, 2.75) is 13.3 Å². The van der Waals surface area contributed by atoms with Crippen LogP contribution in [-0.2, 0) is 4.79 Å². The van der Waals surface area contributed by atoms with Gasteiger partial charge in [0.2, 0.25) is 0 Å². The first-order valence-electron chi connectivity index (χ1n) is 6.53. The average molecular weight is 289 g/mol. The first kappa shape index (κ1) is 14.7. The number of nitrogens with one attached hydrogen (secondary N) is 1. The molecule has 1 unspecified atom stereocenters. The number of carboxylic acids is 1. The number of aromatic nitrogens is 1.